The molecule has 0 N–H and O–H groups in total. The molecule has 0 amide bonds. The second-order valence-electron chi connectivity index (χ2n) is 13.6. The molecule has 6 aromatic rings. The molecule has 0 aliphatic carbocycles. The highest BCUT2D eigenvalue weighted by molar-refractivity contribution is 7.10. The molecule has 0 fully saturated rings. The van der Waals surface area contributed by atoms with E-state index in [-0.39, 0.29) is 5.92 Å². The number of unbranched alkanes of at least 4 members (excludes halogenated alkanes) is 10. The lowest BCUT2D eigenvalue weighted by Gasteiger charge is -2.19. The Bertz CT molecular complexity index is 1830. The maximum Gasteiger partial charge on any atom is 0.0434 e. The number of aryl methyl sites for hydroxylation is 2. The summed E-state index contributed by atoms with van der Waals surface area (Å²) in [5.41, 5.74) is 5.69. The predicted octanol–water partition coefficient (Wildman–Crippen LogP) is 14.2. The van der Waals surface area contributed by atoms with E-state index in [1.54, 1.807) is 0 Å². The van der Waals surface area contributed by atoms with Gasteiger partial charge in [-0.05, 0) is 104 Å². The van der Waals surface area contributed by atoms with Crippen molar-refractivity contribution < 1.29 is 0 Å². The lowest BCUT2D eigenvalue weighted by atomic mass is 9.87. The SMILES string of the molecule is CCCCCCCCc1ccc2cc(C(c3ccc4cc5cc(CCCCCCCC)ccc5cc4c3)c3cccs3)ccc2c1. The fraction of sp³-hybridized carbons (Fsp3) is 0.378. The minimum absolute atomic E-state index is 0.229. The van der Waals surface area contributed by atoms with Crippen LogP contribution < -0.4 is 0 Å². The molecule has 0 aliphatic rings. The lowest BCUT2D eigenvalue weighted by molar-refractivity contribution is 0.607. The number of rotatable bonds is 17. The van der Waals surface area contributed by atoms with Crippen molar-refractivity contribution in [2.45, 2.75) is 110 Å². The summed E-state index contributed by atoms with van der Waals surface area (Å²) in [4.78, 5) is 1.40. The number of benzene rings is 5. The van der Waals surface area contributed by atoms with Gasteiger partial charge in [0.2, 0.25) is 0 Å². The first kappa shape index (κ1) is 32.5. The summed E-state index contributed by atoms with van der Waals surface area (Å²) in [6, 6.07) is 37.9. The molecule has 0 radical (unpaired) electrons. The van der Waals surface area contributed by atoms with Crippen molar-refractivity contribution in [1.82, 2.24) is 0 Å². The minimum atomic E-state index is 0.229. The monoisotopic (exact) mass is 624 g/mol. The minimum Gasteiger partial charge on any atom is -0.148 e. The molecule has 1 atom stereocenters. The zero-order chi connectivity index (χ0) is 31.6. The molecule has 0 bridgehead atoms. The second kappa shape index (κ2) is 16.4. The Labute approximate surface area is 281 Å². The summed E-state index contributed by atoms with van der Waals surface area (Å²) in [7, 11) is 0. The van der Waals surface area contributed by atoms with E-state index in [1.165, 1.54) is 149 Å². The van der Waals surface area contributed by atoms with Crippen LogP contribution in [0.1, 0.15) is 124 Å². The molecule has 1 aromatic heterocycles. The highest BCUT2D eigenvalue weighted by Gasteiger charge is 2.19. The topological polar surface area (TPSA) is 0 Å². The molecular weight excluding hydrogens is 573 g/mol. The van der Waals surface area contributed by atoms with Gasteiger partial charge in [0, 0.05) is 10.8 Å². The van der Waals surface area contributed by atoms with E-state index in [4.69, 9.17) is 0 Å². The third-order valence-corrected chi connectivity index (χ3v) is 10.9. The summed E-state index contributed by atoms with van der Waals surface area (Å²) in [6.45, 7) is 4.58. The number of hydrogen-bond acceptors (Lipinski definition) is 1. The van der Waals surface area contributed by atoms with Gasteiger partial charge in [0.25, 0.3) is 0 Å². The van der Waals surface area contributed by atoms with Gasteiger partial charge < -0.3 is 0 Å². The fourth-order valence-electron chi connectivity index (χ4n) is 7.24. The van der Waals surface area contributed by atoms with E-state index in [1.807, 2.05) is 11.3 Å². The standard InChI is InChI=1S/C45H52S/c1-3-5-7-9-11-13-16-34-19-21-37-30-40(25-23-36(37)28-34)45(44-18-15-27-46-44)41-26-24-39-31-42-29-35(17-14-12-10-8-6-4-2)20-22-38(42)32-43(39)33-41/h15,18-33,45H,3-14,16-17H2,1-2H3. The third kappa shape index (κ3) is 8.29. The van der Waals surface area contributed by atoms with Crippen LogP contribution in [0.4, 0.5) is 0 Å². The largest absolute Gasteiger partial charge is 0.148 e. The predicted molar refractivity (Wildman–Crippen MR) is 205 cm³/mol. The van der Waals surface area contributed by atoms with Crippen LogP contribution in [0.15, 0.2) is 102 Å². The van der Waals surface area contributed by atoms with Crippen molar-refractivity contribution in [1.29, 1.82) is 0 Å². The summed E-state index contributed by atoms with van der Waals surface area (Å²) in [5, 5.41) is 10.3. The molecule has 6 rings (SSSR count). The van der Waals surface area contributed by atoms with Gasteiger partial charge in [-0.1, -0.05) is 157 Å². The van der Waals surface area contributed by atoms with Gasteiger partial charge in [-0.15, -0.1) is 11.3 Å². The Morgan fingerprint density at radius 2 is 0.891 bits per heavy atom. The van der Waals surface area contributed by atoms with Gasteiger partial charge in [0.1, 0.15) is 0 Å². The van der Waals surface area contributed by atoms with E-state index < -0.39 is 0 Å². The number of fused-ring (bicyclic) bond motifs is 3. The Kier molecular flexibility index (Phi) is 11.6. The second-order valence-corrected chi connectivity index (χ2v) is 14.5. The average Bonchev–Trinajstić information content (AvgIpc) is 3.61. The molecule has 1 heteroatoms. The van der Waals surface area contributed by atoms with Gasteiger partial charge in [0.05, 0.1) is 0 Å². The van der Waals surface area contributed by atoms with Crippen molar-refractivity contribution in [3.05, 3.63) is 130 Å². The van der Waals surface area contributed by atoms with Crippen molar-refractivity contribution in [2.75, 3.05) is 0 Å². The molecule has 1 heterocycles. The molecule has 0 spiro atoms. The van der Waals surface area contributed by atoms with E-state index in [2.05, 4.69) is 116 Å². The molecule has 46 heavy (non-hydrogen) atoms. The first-order valence-corrected chi connectivity index (χ1v) is 19.1. The van der Waals surface area contributed by atoms with E-state index in [0.717, 1.165) is 0 Å². The Morgan fingerprint density at radius 1 is 0.435 bits per heavy atom. The van der Waals surface area contributed by atoms with Gasteiger partial charge in [-0.2, -0.15) is 0 Å². The van der Waals surface area contributed by atoms with Crippen LogP contribution in [0.25, 0.3) is 32.3 Å². The molecule has 238 valence electrons. The van der Waals surface area contributed by atoms with E-state index >= 15 is 0 Å². The zero-order valence-corrected chi connectivity index (χ0v) is 29.0. The molecule has 0 saturated carbocycles. The molecular formula is C45H52S. The van der Waals surface area contributed by atoms with Crippen molar-refractivity contribution in [3.8, 4) is 0 Å². The first-order chi connectivity index (χ1) is 22.7. The van der Waals surface area contributed by atoms with Crippen LogP contribution in [0, 0.1) is 0 Å². The van der Waals surface area contributed by atoms with Gasteiger partial charge in [0.15, 0.2) is 0 Å². The van der Waals surface area contributed by atoms with Crippen LogP contribution >= 0.6 is 11.3 Å². The molecule has 1 unspecified atom stereocenters. The first-order valence-electron chi connectivity index (χ1n) is 18.2. The van der Waals surface area contributed by atoms with Gasteiger partial charge in [-0.3, -0.25) is 0 Å². The summed E-state index contributed by atoms with van der Waals surface area (Å²) in [6.07, 6.45) is 18.6. The van der Waals surface area contributed by atoms with Crippen LogP contribution in [-0.2, 0) is 12.8 Å². The Morgan fingerprint density at radius 3 is 1.46 bits per heavy atom. The van der Waals surface area contributed by atoms with Crippen LogP contribution in [-0.4, -0.2) is 0 Å². The molecule has 0 aliphatic heterocycles. The normalized spacial score (nSPS) is 12.4. The molecule has 5 aromatic carbocycles. The Hall–Kier alpha value is -3.42. The summed E-state index contributed by atoms with van der Waals surface area (Å²) >= 11 is 1.87. The average molecular weight is 625 g/mol. The maximum atomic E-state index is 2.44. The van der Waals surface area contributed by atoms with Gasteiger partial charge >= 0.3 is 0 Å². The van der Waals surface area contributed by atoms with E-state index in [0.29, 0.717) is 0 Å². The number of thiophene rings is 1. The van der Waals surface area contributed by atoms with Crippen molar-refractivity contribution >= 4 is 43.7 Å². The smallest absolute Gasteiger partial charge is 0.0434 e. The van der Waals surface area contributed by atoms with Crippen LogP contribution in [0.5, 0.6) is 0 Å². The lowest BCUT2D eigenvalue weighted by Crippen LogP contribution is -2.01. The number of hydrogen-bond donors (Lipinski definition) is 0. The van der Waals surface area contributed by atoms with Crippen molar-refractivity contribution in [2.24, 2.45) is 0 Å². The van der Waals surface area contributed by atoms with Crippen LogP contribution in [0.3, 0.4) is 0 Å². The van der Waals surface area contributed by atoms with Gasteiger partial charge in [-0.25, -0.2) is 0 Å². The van der Waals surface area contributed by atoms with E-state index in [9.17, 15) is 0 Å². The highest BCUT2D eigenvalue weighted by atomic mass is 32.1. The van der Waals surface area contributed by atoms with Crippen LogP contribution in [0.2, 0.25) is 0 Å². The zero-order valence-electron chi connectivity index (χ0n) is 28.2. The summed E-state index contributed by atoms with van der Waals surface area (Å²) in [5.74, 6) is 0.229. The maximum absolute atomic E-state index is 2.44. The molecule has 0 saturated heterocycles. The molecule has 0 nitrogen and oxygen atoms in total. The summed E-state index contributed by atoms with van der Waals surface area (Å²) < 4.78 is 0. The quantitative estimate of drug-likeness (QED) is 0.0699. The fourth-order valence-corrected chi connectivity index (χ4v) is 8.12. The highest BCUT2D eigenvalue weighted by Crippen LogP contribution is 2.38. The van der Waals surface area contributed by atoms with Crippen molar-refractivity contribution in [3.63, 3.8) is 0 Å². The third-order valence-electron chi connectivity index (χ3n) is 9.95. The Balaban J connectivity index is 1.21.